The largest absolute Gasteiger partial charge is 0.459 e. The van der Waals surface area contributed by atoms with Gasteiger partial charge in [-0.15, -0.1) is 0 Å². The number of hydrogen-bond acceptors (Lipinski definition) is 3. The van der Waals surface area contributed by atoms with Crippen molar-refractivity contribution >= 4 is 11.8 Å². The van der Waals surface area contributed by atoms with E-state index >= 15 is 0 Å². The molecule has 116 valence electrons. The molecule has 0 radical (unpaired) electrons. The molecule has 0 bridgehead atoms. The van der Waals surface area contributed by atoms with E-state index in [0.717, 1.165) is 6.54 Å². The minimum Gasteiger partial charge on any atom is -0.459 e. The third-order valence-electron chi connectivity index (χ3n) is 3.92. The highest BCUT2D eigenvalue weighted by Crippen LogP contribution is 2.22. The highest BCUT2D eigenvalue weighted by molar-refractivity contribution is 5.91. The predicted octanol–water partition coefficient (Wildman–Crippen LogP) is 2.49. The van der Waals surface area contributed by atoms with Gasteiger partial charge in [-0.2, -0.15) is 0 Å². The number of amides is 2. The summed E-state index contributed by atoms with van der Waals surface area (Å²) in [6, 6.07) is 3.29. The fourth-order valence-corrected chi connectivity index (χ4v) is 2.68. The summed E-state index contributed by atoms with van der Waals surface area (Å²) in [4.78, 5) is 23.3. The average Bonchev–Trinajstić information content (AvgIpc) is 3.05. The maximum absolute atomic E-state index is 11.7. The fraction of sp³-hybridized carbons (Fsp3) is 0.625. The van der Waals surface area contributed by atoms with Crippen LogP contribution < -0.4 is 10.6 Å². The number of rotatable bonds is 7. The van der Waals surface area contributed by atoms with Crippen LogP contribution in [0.15, 0.2) is 22.8 Å². The molecule has 2 rings (SSSR count). The molecule has 2 amide bonds. The fourth-order valence-electron chi connectivity index (χ4n) is 2.68. The number of carbonyl (C=O) groups excluding carboxylic acids is 2. The van der Waals surface area contributed by atoms with Gasteiger partial charge in [0.2, 0.25) is 5.91 Å². The lowest BCUT2D eigenvalue weighted by atomic mass is 9.89. The molecule has 0 atom stereocenters. The van der Waals surface area contributed by atoms with Gasteiger partial charge in [-0.3, -0.25) is 9.59 Å². The quantitative estimate of drug-likeness (QED) is 0.758. The van der Waals surface area contributed by atoms with E-state index in [2.05, 4.69) is 10.6 Å². The Morgan fingerprint density at radius 3 is 2.71 bits per heavy atom. The third kappa shape index (κ3) is 5.61. The number of hydrogen-bond donors (Lipinski definition) is 2. The molecule has 21 heavy (non-hydrogen) atoms. The lowest BCUT2D eigenvalue weighted by Crippen LogP contribution is -2.31. The van der Waals surface area contributed by atoms with Crippen molar-refractivity contribution in [3.05, 3.63) is 24.2 Å². The predicted molar refractivity (Wildman–Crippen MR) is 79.9 cm³/mol. The van der Waals surface area contributed by atoms with Crippen LogP contribution in [0.25, 0.3) is 0 Å². The lowest BCUT2D eigenvalue weighted by Gasteiger charge is -2.21. The SMILES string of the molecule is O=C(CCCNC(=O)c1ccco1)NCC1CCCCC1. The molecule has 0 saturated heterocycles. The van der Waals surface area contributed by atoms with Crippen LogP contribution in [0.5, 0.6) is 0 Å². The molecular formula is C16H24N2O3. The summed E-state index contributed by atoms with van der Waals surface area (Å²) in [5, 5.41) is 5.73. The third-order valence-corrected chi connectivity index (χ3v) is 3.92. The first-order valence-corrected chi connectivity index (χ1v) is 7.84. The van der Waals surface area contributed by atoms with Gasteiger partial charge in [-0.05, 0) is 37.3 Å². The molecule has 1 saturated carbocycles. The minimum atomic E-state index is -0.234. The van der Waals surface area contributed by atoms with E-state index < -0.39 is 0 Å². The summed E-state index contributed by atoms with van der Waals surface area (Å²) in [7, 11) is 0. The molecule has 1 heterocycles. The molecule has 0 aliphatic heterocycles. The topological polar surface area (TPSA) is 71.3 Å². The maximum Gasteiger partial charge on any atom is 0.286 e. The highest BCUT2D eigenvalue weighted by Gasteiger charge is 2.14. The normalized spacial score (nSPS) is 15.6. The Balaban J connectivity index is 1.52. The Kier molecular flexibility index (Phi) is 6.31. The van der Waals surface area contributed by atoms with Gasteiger partial charge in [0.15, 0.2) is 5.76 Å². The molecule has 5 nitrogen and oxygen atoms in total. The monoisotopic (exact) mass is 292 g/mol. The van der Waals surface area contributed by atoms with E-state index in [4.69, 9.17) is 4.42 Å². The second-order valence-corrected chi connectivity index (χ2v) is 5.64. The Morgan fingerprint density at radius 2 is 2.00 bits per heavy atom. The van der Waals surface area contributed by atoms with Crippen molar-refractivity contribution in [1.29, 1.82) is 0 Å². The van der Waals surface area contributed by atoms with E-state index in [1.165, 1.54) is 38.4 Å². The van der Waals surface area contributed by atoms with Gasteiger partial charge in [0.25, 0.3) is 5.91 Å². The molecule has 1 aliphatic rings. The van der Waals surface area contributed by atoms with Crippen molar-refractivity contribution in [2.75, 3.05) is 13.1 Å². The van der Waals surface area contributed by atoms with Gasteiger partial charge in [-0.25, -0.2) is 0 Å². The van der Waals surface area contributed by atoms with Crippen molar-refractivity contribution in [3.63, 3.8) is 0 Å². The summed E-state index contributed by atoms with van der Waals surface area (Å²) in [5.74, 6) is 0.800. The van der Waals surface area contributed by atoms with Crippen LogP contribution in [0, 0.1) is 5.92 Å². The zero-order chi connectivity index (χ0) is 14.9. The van der Waals surface area contributed by atoms with E-state index in [9.17, 15) is 9.59 Å². The molecule has 1 aromatic heterocycles. The summed E-state index contributed by atoms with van der Waals surface area (Å²) in [6.07, 6.45) is 8.94. The molecular weight excluding hydrogens is 268 g/mol. The van der Waals surface area contributed by atoms with Gasteiger partial charge in [0.1, 0.15) is 0 Å². The minimum absolute atomic E-state index is 0.0767. The first kappa shape index (κ1) is 15.6. The van der Waals surface area contributed by atoms with Gasteiger partial charge < -0.3 is 15.1 Å². The average molecular weight is 292 g/mol. The van der Waals surface area contributed by atoms with Gasteiger partial charge in [-0.1, -0.05) is 19.3 Å². The molecule has 5 heteroatoms. The summed E-state index contributed by atoms with van der Waals surface area (Å²) >= 11 is 0. The van der Waals surface area contributed by atoms with Crippen LogP contribution in [0.2, 0.25) is 0 Å². The van der Waals surface area contributed by atoms with Gasteiger partial charge in [0, 0.05) is 19.5 Å². The van der Waals surface area contributed by atoms with E-state index in [0.29, 0.717) is 31.1 Å². The maximum atomic E-state index is 11.7. The molecule has 1 aromatic rings. The molecule has 2 N–H and O–H groups in total. The smallest absolute Gasteiger partial charge is 0.286 e. The second kappa shape index (κ2) is 8.49. The number of nitrogens with one attached hydrogen (secondary N) is 2. The van der Waals surface area contributed by atoms with Crippen molar-refractivity contribution in [1.82, 2.24) is 10.6 Å². The molecule has 0 unspecified atom stereocenters. The lowest BCUT2D eigenvalue weighted by molar-refractivity contribution is -0.121. The van der Waals surface area contributed by atoms with Crippen LogP contribution in [0.3, 0.4) is 0 Å². The van der Waals surface area contributed by atoms with E-state index in [1.54, 1.807) is 12.1 Å². The second-order valence-electron chi connectivity index (χ2n) is 5.64. The standard InChI is InChI=1S/C16H24N2O3/c19-15(18-12-13-6-2-1-3-7-13)9-4-10-17-16(20)14-8-5-11-21-14/h5,8,11,13H,1-4,6-7,9-10,12H2,(H,17,20)(H,18,19). The Labute approximate surface area is 125 Å². The number of carbonyl (C=O) groups is 2. The highest BCUT2D eigenvalue weighted by atomic mass is 16.3. The van der Waals surface area contributed by atoms with Crippen LogP contribution in [-0.2, 0) is 4.79 Å². The summed E-state index contributed by atoms with van der Waals surface area (Å²) in [5.41, 5.74) is 0. The summed E-state index contributed by atoms with van der Waals surface area (Å²) in [6.45, 7) is 1.29. The zero-order valence-corrected chi connectivity index (χ0v) is 12.4. The molecule has 0 aromatic carbocycles. The molecule has 1 aliphatic carbocycles. The zero-order valence-electron chi connectivity index (χ0n) is 12.4. The van der Waals surface area contributed by atoms with E-state index in [1.807, 2.05) is 0 Å². The molecule has 0 spiro atoms. The van der Waals surface area contributed by atoms with Gasteiger partial charge in [0.05, 0.1) is 6.26 Å². The van der Waals surface area contributed by atoms with Crippen molar-refractivity contribution < 1.29 is 14.0 Å². The Hall–Kier alpha value is -1.78. The first-order valence-electron chi connectivity index (χ1n) is 7.84. The number of furan rings is 1. The Morgan fingerprint density at radius 1 is 1.19 bits per heavy atom. The van der Waals surface area contributed by atoms with Crippen LogP contribution in [0.1, 0.15) is 55.5 Å². The van der Waals surface area contributed by atoms with Crippen LogP contribution in [-0.4, -0.2) is 24.9 Å². The molecule has 1 fully saturated rings. The summed E-state index contributed by atoms with van der Waals surface area (Å²) < 4.78 is 4.99. The first-order chi connectivity index (χ1) is 10.3. The van der Waals surface area contributed by atoms with Crippen LogP contribution in [0.4, 0.5) is 0 Å². The van der Waals surface area contributed by atoms with Crippen molar-refractivity contribution in [2.24, 2.45) is 5.92 Å². The van der Waals surface area contributed by atoms with E-state index in [-0.39, 0.29) is 11.8 Å². The Bertz CT molecular complexity index is 436. The van der Waals surface area contributed by atoms with Crippen LogP contribution >= 0.6 is 0 Å². The van der Waals surface area contributed by atoms with Crippen molar-refractivity contribution in [2.45, 2.75) is 44.9 Å². The van der Waals surface area contributed by atoms with Crippen molar-refractivity contribution in [3.8, 4) is 0 Å². The van der Waals surface area contributed by atoms with Gasteiger partial charge >= 0.3 is 0 Å².